The number of nitrogens with zero attached hydrogens (tertiary/aromatic N) is 2. The Hall–Kier alpha value is -1.96. The van der Waals surface area contributed by atoms with Crippen LogP contribution >= 0.6 is 0 Å². The van der Waals surface area contributed by atoms with Crippen molar-refractivity contribution in [3.05, 3.63) is 59.2 Å². The summed E-state index contributed by atoms with van der Waals surface area (Å²) in [6.45, 7) is 0.877. The molecule has 2 nitrogen and oxygen atoms in total. The van der Waals surface area contributed by atoms with Crippen LogP contribution in [0.15, 0.2) is 52.7 Å². The van der Waals surface area contributed by atoms with Gasteiger partial charge in [-0.15, -0.1) is 0 Å². The summed E-state index contributed by atoms with van der Waals surface area (Å²) < 4.78 is 0. The molecule has 0 saturated carbocycles. The molecule has 0 aromatic heterocycles. The van der Waals surface area contributed by atoms with E-state index in [9.17, 15) is 0 Å². The number of hydrogen-bond acceptors (Lipinski definition) is 2. The normalized spacial score (nSPS) is 19.9. The Labute approximate surface area is 106 Å². The minimum atomic E-state index is 0.291. The lowest BCUT2D eigenvalue weighted by molar-refractivity contribution is 0.741. The number of azo groups is 1. The lowest BCUT2D eigenvalue weighted by Crippen LogP contribution is -1.93. The maximum absolute atomic E-state index is 4.31. The molecule has 0 saturated heterocycles. The van der Waals surface area contributed by atoms with Gasteiger partial charge in [0.2, 0.25) is 0 Å². The Morgan fingerprint density at radius 2 is 1.83 bits per heavy atom. The highest BCUT2D eigenvalue weighted by atomic mass is 15.2. The molecule has 0 radical (unpaired) electrons. The quantitative estimate of drug-likeness (QED) is 0.604. The van der Waals surface area contributed by atoms with E-state index in [1.807, 2.05) is 0 Å². The molecule has 1 aliphatic heterocycles. The molecule has 0 bridgehead atoms. The molecule has 0 spiro atoms. The van der Waals surface area contributed by atoms with E-state index in [1.165, 1.54) is 27.8 Å². The molecule has 0 amide bonds. The SMILES string of the molecule is c1ccc2c(c1)Cc1cc(C3CCN=N3)ccc1-2. The van der Waals surface area contributed by atoms with Gasteiger partial charge in [-0.25, -0.2) is 0 Å². The predicted molar refractivity (Wildman–Crippen MR) is 71.8 cm³/mol. The van der Waals surface area contributed by atoms with Crippen LogP contribution in [0.3, 0.4) is 0 Å². The Morgan fingerprint density at radius 3 is 2.72 bits per heavy atom. The van der Waals surface area contributed by atoms with Gasteiger partial charge in [-0.2, -0.15) is 10.2 Å². The molecule has 0 N–H and O–H groups in total. The van der Waals surface area contributed by atoms with E-state index in [2.05, 4.69) is 52.7 Å². The van der Waals surface area contributed by atoms with Crippen LogP contribution in [-0.4, -0.2) is 6.54 Å². The van der Waals surface area contributed by atoms with E-state index in [1.54, 1.807) is 0 Å². The lowest BCUT2D eigenvalue weighted by Gasteiger charge is -2.08. The van der Waals surface area contributed by atoms with Crippen LogP contribution in [0.4, 0.5) is 0 Å². The molecule has 1 heterocycles. The highest BCUT2D eigenvalue weighted by Gasteiger charge is 2.21. The Morgan fingerprint density at radius 1 is 0.944 bits per heavy atom. The zero-order valence-electron chi connectivity index (χ0n) is 10.1. The van der Waals surface area contributed by atoms with Gasteiger partial charge in [0.1, 0.15) is 0 Å². The van der Waals surface area contributed by atoms with Crippen molar-refractivity contribution in [2.75, 3.05) is 6.54 Å². The molecule has 2 aliphatic rings. The molecular formula is C16H14N2. The van der Waals surface area contributed by atoms with Crippen LogP contribution < -0.4 is 0 Å². The second-order valence-corrected chi connectivity index (χ2v) is 5.04. The molecule has 18 heavy (non-hydrogen) atoms. The van der Waals surface area contributed by atoms with Crippen LogP contribution in [0, 0.1) is 0 Å². The number of hydrogen-bond donors (Lipinski definition) is 0. The van der Waals surface area contributed by atoms with Gasteiger partial charge < -0.3 is 0 Å². The first-order valence-corrected chi connectivity index (χ1v) is 6.49. The van der Waals surface area contributed by atoms with Gasteiger partial charge >= 0.3 is 0 Å². The maximum Gasteiger partial charge on any atom is 0.0976 e. The summed E-state index contributed by atoms with van der Waals surface area (Å²) in [7, 11) is 0. The van der Waals surface area contributed by atoms with E-state index in [0.717, 1.165) is 19.4 Å². The molecular weight excluding hydrogens is 220 g/mol. The third-order valence-corrected chi connectivity index (χ3v) is 3.93. The first-order chi connectivity index (χ1) is 8.92. The summed E-state index contributed by atoms with van der Waals surface area (Å²) in [5, 5.41) is 8.40. The Kier molecular flexibility index (Phi) is 2.10. The first kappa shape index (κ1) is 10.0. The summed E-state index contributed by atoms with van der Waals surface area (Å²) in [6.07, 6.45) is 2.12. The summed E-state index contributed by atoms with van der Waals surface area (Å²) in [5.74, 6) is 0. The number of benzene rings is 2. The molecule has 2 aromatic rings. The Bertz CT molecular complexity index is 643. The Balaban J connectivity index is 1.79. The highest BCUT2D eigenvalue weighted by Crippen LogP contribution is 2.38. The largest absolute Gasteiger partial charge is 0.193 e. The minimum absolute atomic E-state index is 0.291. The third-order valence-electron chi connectivity index (χ3n) is 3.93. The van der Waals surface area contributed by atoms with Crippen molar-refractivity contribution in [3.8, 4) is 11.1 Å². The molecule has 2 aromatic carbocycles. The monoisotopic (exact) mass is 234 g/mol. The minimum Gasteiger partial charge on any atom is -0.193 e. The summed E-state index contributed by atoms with van der Waals surface area (Å²) >= 11 is 0. The van der Waals surface area contributed by atoms with Gasteiger partial charge in [-0.05, 0) is 40.7 Å². The summed E-state index contributed by atoms with van der Waals surface area (Å²) in [6, 6.07) is 15.8. The van der Waals surface area contributed by atoms with E-state index in [0.29, 0.717) is 6.04 Å². The fourth-order valence-corrected chi connectivity index (χ4v) is 3.00. The van der Waals surface area contributed by atoms with Gasteiger partial charge in [-0.3, -0.25) is 0 Å². The average Bonchev–Trinajstić information content (AvgIpc) is 3.05. The first-order valence-electron chi connectivity index (χ1n) is 6.49. The zero-order chi connectivity index (χ0) is 11.9. The number of fused-ring (bicyclic) bond motifs is 3. The topological polar surface area (TPSA) is 24.7 Å². The van der Waals surface area contributed by atoms with E-state index < -0.39 is 0 Å². The van der Waals surface area contributed by atoms with E-state index >= 15 is 0 Å². The smallest absolute Gasteiger partial charge is 0.0976 e. The summed E-state index contributed by atoms with van der Waals surface area (Å²) in [4.78, 5) is 0. The van der Waals surface area contributed by atoms with Crippen LogP contribution in [0.2, 0.25) is 0 Å². The average molecular weight is 234 g/mol. The van der Waals surface area contributed by atoms with Crippen molar-refractivity contribution in [2.24, 2.45) is 10.2 Å². The fourth-order valence-electron chi connectivity index (χ4n) is 3.00. The van der Waals surface area contributed by atoms with Crippen molar-refractivity contribution in [3.63, 3.8) is 0 Å². The van der Waals surface area contributed by atoms with Gasteiger partial charge in [-0.1, -0.05) is 42.5 Å². The second kappa shape index (κ2) is 3.77. The third kappa shape index (κ3) is 1.42. The van der Waals surface area contributed by atoms with Crippen LogP contribution in [-0.2, 0) is 6.42 Å². The molecule has 0 fully saturated rings. The van der Waals surface area contributed by atoms with Crippen molar-refractivity contribution >= 4 is 0 Å². The second-order valence-electron chi connectivity index (χ2n) is 5.04. The predicted octanol–water partition coefficient (Wildman–Crippen LogP) is 4.15. The van der Waals surface area contributed by atoms with Gasteiger partial charge in [0.15, 0.2) is 0 Å². The fraction of sp³-hybridized carbons (Fsp3) is 0.250. The van der Waals surface area contributed by atoms with Gasteiger partial charge in [0.25, 0.3) is 0 Å². The lowest BCUT2D eigenvalue weighted by atomic mass is 9.99. The molecule has 1 aliphatic carbocycles. The zero-order valence-corrected chi connectivity index (χ0v) is 10.1. The van der Waals surface area contributed by atoms with Gasteiger partial charge in [0.05, 0.1) is 12.6 Å². The van der Waals surface area contributed by atoms with Crippen molar-refractivity contribution < 1.29 is 0 Å². The van der Waals surface area contributed by atoms with Crippen LogP contribution in [0.5, 0.6) is 0 Å². The van der Waals surface area contributed by atoms with E-state index in [-0.39, 0.29) is 0 Å². The van der Waals surface area contributed by atoms with Crippen molar-refractivity contribution in [1.29, 1.82) is 0 Å². The van der Waals surface area contributed by atoms with Crippen molar-refractivity contribution in [1.82, 2.24) is 0 Å². The highest BCUT2D eigenvalue weighted by molar-refractivity contribution is 5.77. The van der Waals surface area contributed by atoms with Crippen molar-refractivity contribution in [2.45, 2.75) is 18.9 Å². The standard InChI is InChI=1S/C16H14N2/c1-2-4-14-11(3-1)9-13-10-12(5-6-15(13)14)16-7-8-17-18-16/h1-6,10,16H,7-9H2. The molecule has 1 unspecified atom stereocenters. The molecule has 2 heteroatoms. The molecule has 4 rings (SSSR count). The summed E-state index contributed by atoms with van der Waals surface area (Å²) in [5.41, 5.74) is 6.99. The molecule has 88 valence electrons. The van der Waals surface area contributed by atoms with Gasteiger partial charge in [0, 0.05) is 0 Å². The maximum atomic E-state index is 4.31. The van der Waals surface area contributed by atoms with E-state index in [4.69, 9.17) is 0 Å². The number of rotatable bonds is 1. The van der Waals surface area contributed by atoms with Crippen LogP contribution in [0.25, 0.3) is 11.1 Å². The molecule has 1 atom stereocenters. The van der Waals surface area contributed by atoms with Crippen LogP contribution in [0.1, 0.15) is 29.2 Å².